The molecule has 0 unspecified atom stereocenters. The van der Waals surface area contributed by atoms with Gasteiger partial charge in [0.2, 0.25) is 0 Å². The predicted octanol–water partition coefficient (Wildman–Crippen LogP) is 5.86. The van der Waals surface area contributed by atoms with Crippen molar-refractivity contribution in [1.29, 1.82) is 0 Å². The lowest BCUT2D eigenvalue weighted by molar-refractivity contribution is 0.102. The van der Waals surface area contributed by atoms with Gasteiger partial charge in [0.25, 0.3) is 5.91 Å². The van der Waals surface area contributed by atoms with Crippen LogP contribution in [0.4, 0.5) is 5.13 Å². The van der Waals surface area contributed by atoms with E-state index in [0.717, 1.165) is 23.5 Å². The number of carbonyl (C=O) groups is 1. The summed E-state index contributed by atoms with van der Waals surface area (Å²) >= 11 is 1.51. The fourth-order valence-corrected chi connectivity index (χ4v) is 3.61. The molecule has 4 nitrogen and oxygen atoms in total. The van der Waals surface area contributed by atoms with Crippen molar-refractivity contribution in [2.45, 2.75) is 39.5 Å². The van der Waals surface area contributed by atoms with Crippen LogP contribution in [0, 0.1) is 6.92 Å². The van der Waals surface area contributed by atoms with Gasteiger partial charge in [0.1, 0.15) is 5.75 Å². The minimum atomic E-state index is -0.159. The highest BCUT2D eigenvalue weighted by molar-refractivity contribution is 7.15. The minimum Gasteiger partial charge on any atom is -0.494 e. The van der Waals surface area contributed by atoms with E-state index in [0.29, 0.717) is 17.3 Å². The van der Waals surface area contributed by atoms with Crippen molar-refractivity contribution in [3.8, 4) is 5.75 Å². The van der Waals surface area contributed by atoms with Gasteiger partial charge in [0, 0.05) is 23.1 Å². The summed E-state index contributed by atoms with van der Waals surface area (Å²) in [5.41, 5.74) is 3.08. The molecule has 0 fully saturated rings. The number of ether oxygens (including phenoxy) is 1. The number of nitrogens with one attached hydrogen (secondary N) is 1. The molecule has 0 radical (unpaired) electrons. The van der Waals surface area contributed by atoms with Crippen molar-refractivity contribution in [2.75, 3.05) is 11.9 Å². The maximum Gasteiger partial charge on any atom is 0.257 e. The van der Waals surface area contributed by atoms with Crippen LogP contribution in [-0.4, -0.2) is 17.5 Å². The zero-order valence-corrected chi connectivity index (χ0v) is 17.2. The predicted molar refractivity (Wildman–Crippen MR) is 116 cm³/mol. The molecule has 1 heterocycles. The van der Waals surface area contributed by atoms with Crippen molar-refractivity contribution in [1.82, 2.24) is 4.98 Å². The second-order valence-corrected chi connectivity index (χ2v) is 7.94. The highest BCUT2D eigenvalue weighted by atomic mass is 32.1. The molecule has 0 spiro atoms. The number of rotatable bonds is 9. The third-order valence-electron chi connectivity index (χ3n) is 4.41. The second kappa shape index (κ2) is 10.0. The Hall–Kier alpha value is -2.66. The molecule has 1 amide bonds. The molecule has 28 heavy (non-hydrogen) atoms. The molecule has 1 N–H and O–H groups in total. The van der Waals surface area contributed by atoms with E-state index >= 15 is 0 Å². The van der Waals surface area contributed by atoms with Gasteiger partial charge in [-0.2, -0.15) is 0 Å². The highest BCUT2D eigenvalue weighted by Crippen LogP contribution is 2.22. The number of unbranched alkanes of at least 4 members (excludes halogenated alkanes) is 2. The number of aromatic nitrogens is 1. The van der Waals surface area contributed by atoms with Crippen LogP contribution in [-0.2, 0) is 6.42 Å². The maximum atomic E-state index is 12.4. The van der Waals surface area contributed by atoms with Crippen LogP contribution in [0.15, 0.2) is 54.7 Å². The fraction of sp³-hybridized carbons (Fsp3) is 0.304. The molecule has 3 rings (SSSR count). The summed E-state index contributed by atoms with van der Waals surface area (Å²) in [5.74, 6) is 0.635. The minimum absolute atomic E-state index is 0.159. The van der Waals surface area contributed by atoms with E-state index in [1.165, 1.54) is 35.3 Å². The van der Waals surface area contributed by atoms with Gasteiger partial charge in [-0.1, -0.05) is 49.6 Å². The quantitative estimate of drug-likeness (QED) is 0.462. The van der Waals surface area contributed by atoms with E-state index in [9.17, 15) is 4.79 Å². The van der Waals surface area contributed by atoms with Gasteiger partial charge in [0.05, 0.1) is 6.61 Å². The molecule has 0 bridgehead atoms. The number of amides is 1. The molecule has 0 atom stereocenters. The summed E-state index contributed by atoms with van der Waals surface area (Å²) in [5, 5.41) is 3.50. The molecule has 0 aliphatic rings. The lowest BCUT2D eigenvalue weighted by atomic mass is 10.1. The Bertz CT molecular complexity index is 886. The summed E-state index contributed by atoms with van der Waals surface area (Å²) in [7, 11) is 0. The van der Waals surface area contributed by atoms with Crippen LogP contribution in [0.25, 0.3) is 0 Å². The number of nitrogens with zero attached hydrogens (tertiary/aromatic N) is 1. The molecule has 0 aliphatic carbocycles. The monoisotopic (exact) mass is 394 g/mol. The lowest BCUT2D eigenvalue weighted by Crippen LogP contribution is -2.11. The highest BCUT2D eigenvalue weighted by Gasteiger charge is 2.10. The number of carbonyl (C=O) groups excluding carboxylic acids is 1. The zero-order valence-electron chi connectivity index (χ0n) is 16.4. The van der Waals surface area contributed by atoms with E-state index in [2.05, 4.69) is 48.4 Å². The Balaban J connectivity index is 1.53. The molecule has 3 aromatic rings. The van der Waals surface area contributed by atoms with Crippen molar-refractivity contribution in [3.63, 3.8) is 0 Å². The molecule has 146 valence electrons. The van der Waals surface area contributed by atoms with Crippen molar-refractivity contribution in [2.24, 2.45) is 0 Å². The Morgan fingerprint density at radius 2 is 1.82 bits per heavy atom. The standard InChI is InChI=1S/C23H26N2O2S/c1-3-4-5-14-27-20-12-10-19(11-13-20)22(26)25-23-24-16-21(28-23)15-18-8-6-17(2)7-9-18/h6-13,16H,3-5,14-15H2,1-2H3,(H,24,25,26). The van der Waals surface area contributed by atoms with E-state index in [-0.39, 0.29) is 5.91 Å². The number of anilines is 1. The first-order valence-corrected chi connectivity index (χ1v) is 10.5. The Morgan fingerprint density at radius 1 is 1.07 bits per heavy atom. The summed E-state index contributed by atoms with van der Waals surface area (Å²) in [6.45, 7) is 4.96. The van der Waals surface area contributed by atoms with Crippen LogP contribution in [0.2, 0.25) is 0 Å². The Morgan fingerprint density at radius 3 is 2.54 bits per heavy atom. The average Bonchev–Trinajstić information content (AvgIpc) is 3.14. The van der Waals surface area contributed by atoms with Gasteiger partial charge in [0.15, 0.2) is 5.13 Å². The molecule has 5 heteroatoms. The SMILES string of the molecule is CCCCCOc1ccc(C(=O)Nc2ncc(Cc3ccc(C)cc3)s2)cc1. The van der Waals surface area contributed by atoms with Crippen LogP contribution < -0.4 is 10.1 Å². The number of thiazole rings is 1. The largest absolute Gasteiger partial charge is 0.494 e. The Kier molecular flexibility index (Phi) is 7.20. The van der Waals surface area contributed by atoms with E-state index in [4.69, 9.17) is 4.74 Å². The molecular weight excluding hydrogens is 368 g/mol. The maximum absolute atomic E-state index is 12.4. The van der Waals surface area contributed by atoms with E-state index in [1.54, 1.807) is 12.1 Å². The van der Waals surface area contributed by atoms with E-state index < -0.39 is 0 Å². The molecule has 0 saturated carbocycles. The first-order chi connectivity index (χ1) is 13.6. The van der Waals surface area contributed by atoms with Gasteiger partial charge < -0.3 is 4.74 Å². The number of aryl methyl sites for hydroxylation is 1. The van der Waals surface area contributed by atoms with Crippen molar-refractivity contribution in [3.05, 3.63) is 76.3 Å². The van der Waals surface area contributed by atoms with Gasteiger partial charge in [-0.05, 0) is 43.2 Å². The first kappa shape index (κ1) is 20.1. The number of hydrogen-bond acceptors (Lipinski definition) is 4. The molecular formula is C23H26N2O2S. The summed E-state index contributed by atoms with van der Waals surface area (Å²) in [6, 6.07) is 15.7. The third-order valence-corrected chi connectivity index (χ3v) is 5.32. The molecule has 2 aromatic carbocycles. The summed E-state index contributed by atoms with van der Waals surface area (Å²) in [4.78, 5) is 17.9. The van der Waals surface area contributed by atoms with Gasteiger partial charge in [-0.3, -0.25) is 10.1 Å². The Labute approximate surface area is 170 Å². The van der Waals surface area contributed by atoms with Gasteiger partial charge in [-0.25, -0.2) is 4.98 Å². The number of benzene rings is 2. The van der Waals surface area contributed by atoms with Crippen LogP contribution in [0.3, 0.4) is 0 Å². The molecule has 0 saturated heterocycles. The first-order valence-electron chi connectivity index (χ1n) is 9.68. The van der Waals surface area contributed by atoms with Crippen LogP contribution >= 0.6 is 11.3 Å². The zero-order chi connectivity index (χ0) is 19.8. The second-order valence-electron chi connectivity index (χ2n) is 6.83. The summed E-state index contributed by atoms with van der Waals surface area (Å²) < 4.78 is 5.69. The average molecular weight is 395 g/mol. The van der Waals surface area contributed by atoms with Crippen molar-refractivity contribution < 1.29 is 9.53 Å². The number of hydrogen-bond donors (Lipinski definition) is 1. The smallest absolute Gasteiger partial charge is 0.257 e. The lowest BCUT2D eigenvalue weighted by Gasteiger charge is -2.07. The molecule has 0 aliphatic heterocycles. The summed E-state index contributed by atoms with van der Waals surface area (Å²) in [6.07, 6.45) is 6.03. The van der Waals surface area contributed by atoms with Crippen LogP contribution in [0.5, 0.6) is 5.75 Å². The van der Waals surface area contributed by atoms with E-state index in [1.807, 2.05) is 18.3 Å². The third kappa shape index (κ3) is 5.92. The molecule has 1 aromatic heterocycles. The van der Waals surface area contributed by atoms with Crippen LogP contribution in [0.1, 0.15) is 52.5 Å². The van der Waals surface area contributed by atoms with Gasteiger partial charge >= 0.3 is 0 Å². The topological polar surface area (TPSA) is 51.2 Å². The van der Waals surface area contributed by atoms with Crippen molar-refractivity contribution >= 4 is 22.4 Å². The normalized spacial score (nSPS) is 10.6. The van der Waals surface area contributed by atoms with Gasteiger partial charge in [-0.15, -0.1) is 11.3 Å². The fourth-order valence-electron chi connectivity index (χ4n) is 2.77.